The molecule has 0 spiro atoms. The van der Waals surface area contributed by atoms with E-state index in [-0.39, 0.29) is 23.5 Å². The average molecular weight is 388 g/mol. The van der Waals surface area contributed by atoms with Crippen molar-refractivity contribution in [2.24, 2.45) is 0 Å². The van der Waals surface area contributed by atoms with Crippen LogP contribution in [-0.4, -0.2) is 47.9 Å². The van der Waals surface area contributed by atoms with Crippen LogP contribution in [0.2, 0.25) is 0 Å². The fraction of sp³-hybridized carbons (Fsp3) is 0.421. The zero-order valence-corrected chi connectivity index (χ0v) is 16.3. The lowest BCUT2D eigenvalue weighted by Crippen LogP contribution is -2.46. The molecule has 2 N–H and O–H groups in total. The first-order valence-corrected chi connectivity index (χ1v) is 10.8. The Morgan fingerprint density at radius 2 is 1.85 bits per heavy atom. The van der Waals surface area contributed by atoms with Crippen molar-refractivity contribution in [3.05, 3.63) is 53.3 Å². The van der Waals surface area contributed by atoms with Crippen molar-refractivity contribution in [1.29, 1.82) is 0 Å². The highest BCUT2D eigenvalue weighted by atomic mass is 32.2. The standard InChI is InChI=1S/C19H24N4O3S/c1-13-10-14(2)21-19(20-13)23-17(11-15-6-4-3-5-7-15)18(24)22-16-8-9-27(25,26)12-16/h3-7,10,16-17H,8-9,11-12H2,1-2H3,(H,22,24)(H,20,21,23)/t16-,17-/m0/s1. The van der Waals surface area contributed by atoms with Gasteiger partial charge in [0.1, 0.15) is 6.04 Å². The van der Waals surface area contributed by atoms with Crippen molar-refractivity contribution < 1.29 is 13.2 Å². The molecule has 0 bridgehead atoms. The Bertz CT molecular complexity index is 896. The number of aryl methyl sites for hydroxylation is 2. The van der Waals surface area contributed by atoms with Crippen molar-refractivity contribution in [3.8, 4) is 0 Å². The Kier molecular flexibility index (Phi) is 5.74. The van der Waals surface area contributed by atoms with Crippen molar-refractivity contribution in [2.45, 2.75) is 38.8 Å². The quantitative estimate of drug-likeness (QED) is 0.776. The van der Waals surface area contributed by atoms with Crippen LogP contribution in [0.25, 0.3) is 0 Å². The number of amides is 1. The van der Waals surface area contributed by atoms with E-state index in [1.165, 1.54) is 0 Å². The van der Waals surface area contributed by atoms with E-state index in [9.17, 15) is 13.2 Å². The molecule has 1 aliphatic heterocycles. The van der Waals surface area contributed by atoms with Crippen molar-refractivity contribution >= 4 is 21.7 Å². The molecule has 7 nitrogen and oxygen atoms in total. The number of hydrogen-bond donors (Lipinski definition) is 2. The third-order valence-electron chi connectivity index (χ3n) is 4.46. The predicted octanol–water partition coefficient (Wildman–Crippen LogP) is 1.42. The predicted molar refractivity (Wildman–Crippen MR) is 104 cm³/mol. The number of nitrogens with zero attached hydrogens (tertiary/aromatic N) is 2. The van der Waals surface area contributed by atoms with Gasteiger partial charge < -0.3 is 10.6 Å². The number of aromatic nitrogens is 2. The van der Waals surface area contributed by atoms with Gasteiger partial charge in [-0.2, -0.15) is 0 Å². The summed E-state index contributed by atoms with van der Waals surface area (Å²) in [5.41, 5.74) is 2.62. The largest absolute Gasteiger partial charge is 0.351 e. The number of carbonyl (C=O) groups excluding carboxylic acids is 1. The maximum atomic E-state index is 12.9. The highest BCUT2D eigenvalue weighted by Gasteiger charge is 2.31. The SMILES string of the molecule is Cc1cc(C)nc(N[C@@H](Cc2ccccc2)C(=O)N[C@H]2CCS(=O)(=O)C2)n1. The van der Waals surface area contributed by atoms with E-state index in [0.29, 0.717) is 18.8 Å². The minimum Gasteiger partial charge on any atom is -0.351 e. The Labute approximate surface area is 159 Å². The van der Waals surface area contributed by atoms with Gasteiger partial charge >= 0.3 is 0 Å². The number of benzene rings is 1. The van der Waals surface area contributed by atoms with Crippen LogP contribution >= 0.6 is 0 Å². The van der Waals surface area contributed by atoms with Gasteiger partial charge in [-0.25, -0.2) is 18.4 Å². The van der Waals surface area contributed by atoms with Gasteiger partial charge in [-0.3, -0.25) is 4.79 Å². The van der Waals surface area contributed by atoms with E-state index in [1.54, 1.807) is 0 Å². The highest BCUT2D eigenvalue weighted by molar-refractivity contribution is 7.91. The van der Waals surface area contributed by atoms with Gasteiger partial charge in [0.15, 0.2) is 9.84 Å². The molecule has 0 radical (unpaired) electrons. The molecule has 27 heavy (non-hydrogen) atoms. The van der Waals surface area contributed by atoms with Crippen LogP contribution in [0.5, 0.6) is 0 Å². The van der Waals surface area contributed by atoms with Gasteiger partial charge in [0.05, 0.1) is 11.5 Å². The molecule has 1 aromatic heterocycles. The second-order valence-electron chi connectivity index (χ2n) is 6.97. The average Bonchev–Trinajstić information content (AvgIpc) is 2.93. The molecule has 1 aliphatic rings. The van der Waals surface area contributed by atoms with Crippen LogP contribution in [0, 0.1) is 13.8 Å². The fourth-order valence-electron chi connectivity index (χ4n) is 3.22. The number of nitrogens with one attached hydrogen (secondary N) is 2. The lowest BCUT2D eigenvalue weighted by Gasteiger charge is -2.21. The first-order valence-electron chi connectivity index (χ1n) is 8.94. The van der Waals surface area contributed by atoms with E-state index >= 15 is 0 Å². The summed E-state index contributed by atoms with van der Waals surface area (Å²) in [7, 11) is -3.06. The third-order valence-corrected chi connectivity index (χ3v) is 6.23. The monoisotopic (exact) mass is 388 g/mol. The van der Waals surface area contributed by atoms with Gasteiger partial charge in [-0.15, -0.1) is 0 Å². The molecule has 0 saturated carbocycles. The van der Waals surface area contributed by atoms with Gasteiger partial charge in [0, 0.05) is 23.9 Å². The zero-order chi connectivity index (χ0) is 19.4. The lowest BCUT2D eigenvalue weighted by atomic mass is 10.0. The summed E-state index contributed by atoms with van der Waals surface area (Å²) in [5, 5.41) is 5.99. The molecule has 1 fully saturated rings. The molecule has 3 rings (SSSR count). The van der Waals surface area contributed by atoms with Crippen molar-refractivity contribution in [2.75, 3.05) is 16.8 Å². The molecular weight excluding hydrogens is 364 g/mol. The van der Waals surface area contributed by atoms with Crippen LogP contribution < -0.4 is 10.6 Å². The Morgan fingerprint density at radius 3 is 2.44 bits per heavy atom. The van der Waals surface area contributed by atoms with Crippen LogP contribution in [0.15, 0.2) is 36.4 Å². The lowest BCUT2D eigenvalue weighted by molar-refractivity contribution is -0.122. The molecule has 2 atom stereocenters. The second-order valence-corrected chi connectivity index (χ2v) is 9.20. The number of carbonyl (C=O) groups is 1. The van der Waals surface area contributed by atoms with E-state index in [4.69, 9.17) is 0 Å². The topological polar surface area (TPSA) is 101 Å². The minimum absolute atomic E-state index is 0.00312. The van der Waals surface area contributed by atoms with E-state index in [2.05, 4.69) is 20.6 Å². The van der Waals surface area contributed by atoms with E-state index < -0.39 is 15.9 Å². The van der Waals surface area contributed by atoms with Gasteiger partial charge in [-0.1, -0.05) is 30.3 Å². The Balaban J connectivity index is 1.77. The molecule has 0 unspecified atom stereocenters. The molecule has 2 aromatic rings. The van der Waals surface area contributed by atoms with Gasteiger partial charge in [0.25, 0.3) is 0 Å². The summed E-state index contributed by atoms with van der Waals surface area (Å²) in [6.07, 6.45) is 0.897. The summed E-state index contributed by atoms with van der Waals surface area (Å²) in [4.78, 5) is 21.6. The van der Waals surface area contributed by atoms with Gasteiger partial charge in [0.2, 0.25) is 11.9 Å². The molecular formula is C19H24N4O3S. The molecule has 0 aliphatic carbocycles. The second kappa shape index (κ2) is 8.04. The minimum atomic E-state index is -3.06. The molecule has 8 heteroatoms. The van der Waals surface area contributed by atoms with Crippen molar-refractivity contribution in [3.63, 3.8) is 0 Å². The number of hydrogen-bond acceptors (Lipinski definition) is 6. The molecule has 1 saturated heterocycles. The Morgan fingerprint density at radius 1 is 1.19 bits per heavy atom. The highest BCUT2D eigenvalue weighted by Crippen LogP contribution is 2.14. The normalized spacial score (nSPS) is 19.4. The maximum absolute atomic E-state index is 12.9. The first-order chi connectivity index (χ1) is 12.8. The number of rotatable bonds is 6. The van der Waals surface area contributed by atoms with Crippen LogP contribution in [0.3, 0.4) is 0 Å². The molecule has 1 amide bonds. The smallest absolute Gasteiger partial charge is 0.243 e. The molecule has 144 valence electrons. The van der Waals surface area contributed by atoms with Crippen molar-refractivity contribution in [1.82, 2.24) is 15.3 Å². The van der Waals surface area contributed by atoms with Crippen LogP contribution in [0.4, 0.5) is 5.95 Å². The molecule has 2 heterocycles. The summed E-state index contributed by atoms with van der Waals surface area (Å²) in [6, 6.07) is 10.6. The van der Waals surface area contributed by atoms with E-state index in [1.807, 2.05) is 50.2 Å². The first kappa shape index (κ1) is 19.3. The Hall–Kier alpha value is -2.48. The number of sulfone groups is 1. The van der Waals surface area contributed by atoms with Crippen LogP contribution in [-0.2, 0) is 21.1 Å². The van der Waals surface area contributed by atoms with E-state index in [0.717, 1.165) is 17.0 Å². The summed E-state index contributed by atoms with van der Waals surface area (Å²) in [5.74, 6) is 0.262. The summed E-state index contributed by atoms with van der Waals surface area (Å²) in [6.45, 7) is 3.74. The van der Waals surface area contributed by atoms with Crippen LogP contribution in [0.1, 0.15) is 23.4 Å². The third kappa shape index (κ3) is 5.50. The van der Waals surface area contributed by atoms with Gasteiger partial charge in [-0.05, 0) is 31.9 Å². The maximum Gasteiger partial charge on any atom is 0.243 e. The summed E-state index contributed by atoms with van der Waals surface area (Å²) < 4.78 is 23.3. The number of anilines is 1. The fourth-order valence-corrected chi connectivity index (χ4v) is 4.89. The zero-order valence-electron chi connectivity index (χ0n) is 15.5. The summed E-state index contributed by atoms with van der Waals surface area (Å²) >= 11 is 0. The molecule has 1 aromatic carbocycles.